The molecule has 1 amide bonds. The van der Waals surface area contributed by atoms with Crippen molar-refractivity contribution in [1.82, 2.24) is 20.2 Å². The third-order valence-electron chi connectivity index (χ3n) is 3.93. The molecule has 0 bridgehead atoms. The number of rotatable bonds is 3. The fourth-order valence-corrected chi connectivity index (χ4v) is 3.23. The Morgan fingerprint density at radius 1 is 1.13 bits per heavy atom. The van der Waals surface area contributed by atoms with Crippen molar-refractivity contribution in [2.45, 2.75) is 32.6 Å². The first-order valence-electron chi connectivity index (χ1n) is 7.50. The predicted molar refractivity (Wildman–Crippen MR) is 88.8 cm³/mol. The van der Waals surface area contributed by atoms with Crippen LogP contribution in [0.2, 0.25) is 0 Å². The normalized spacial score (nSPS) is 14.2. The summed E-state index contributed by atoms with van der Waals surface area (Å²) in [5.74, 6) is 0.339. The van der Waals surface area contributed by atoms with Crippen molar-refractivity contribution in [2.24, 2.45) is 0 Å². The van der Waals surface area contributed by atoms with Crippen LogP contribution in [0.5, 0.6) is 0 Å². The van der Waals surface area contributed by atoms with E-state index in [1.807, 2.05) is 19.9 Å². The van der Waals surface area contributed by atoms with Gasteiger partial charge in [0, 0.05) is 11.5 Å². The summed E-state index contributed by atoms with van der Waals surface area (Å²) in [6, 6.07) is 5.33. The lowest BCUT2D eigenvalue weighted by atomic mass is 10.1. The van der Waals surface area contributed by atoms with E-state index in [1.165, 1.54) is 24.2 Å². The van der Waals surface area contributed by atoms with Gasteiger partial charge in [-0.05, 0) is 44.9 Å². The molecule has 1 fully saturated rings. The maximum Gasteiger partial charge on any atom is 0.257 e. The predicted octanol–water partition coefficient (Wildman–Crippen LogP) is 3.23. The van der Waals surface area contributed by atoms with Gasteiger partial charge in [0.2, 0.25) is 5.13 Å². The lowest BCUT2D eigenvalue weighted by Crippen LogP contribution is -2.11. The van der Waals surface area contributed by atoms with E-state index >= 15 is 0 Å². The Morgan fingerprint density at radius 3 is 2.61 bits per heavy atom. The molecule has 0 radical (unpaired) electrons. The third-order valence-corrected chi connectivity index (χ3v) is 4.93. The van der Waals surface area contributed by atoms with Gasteiger partial charge in [0.05, 0.1) is 22.4 Å². The van der Waals surface area contributed by atoms with Crippen LogP contribution >= 0.6 is 11.3 Å². The quantitative estimate of drug-likeness (QED) is 0.799. The number of carbonyl (C=O) groups excluding carboxylic acids is 1. The van der Waals surface area contributed by atoms with Crippen molar-refractivity contribution in [3.63, 3.8) is 0 Å². The van der Waals surface area contributed by atoms with Crippen LogP contribution in [0.4, 0.5) is 5.13 Å². The van der Waals surface area contributed by atoms with Gasteiger partial charge < -0.3 is 0 Å². The van der Waals surface area contributed by atoms with Crippen LogP contribution in [0.1, 0.15) is 45.5 Å². The van der Waals surface area contributed by atoms with Crippen LogP contribution in [0.25, 0.3) is 11.0 Å². The Kier molecular flexibility index (Phi) is 3.30. The van der Waals surface area contributed by atoms with E-state index in [2.05, 4.69) is 25.5 Å². The van der Waals surface area contributed by atoms with Crippen LogP contribution in [-0.2, 0) is 0 Å². The van der Waals surface area contributed by atoms with E-state index < -0.39 is 0 Å². The number of aromatic nitrogens is 4. The van der Waals surface area contributed by atoms with Gasteiger partial charge >= 0.3 is 0 Å². The Balaban J connectivity index is 1.59. The number of nitrogens with zero attached hydrogens (tertiary/aromatic N) is 4. The fraction of sp³-hybridized carbons (Fsp3) is 0.312. The molecular formula is C16H15N5OS. The van der Waals surface area contributed by atoms with Crippen LogP contribution in [-0.4, -0.2) is 26.1 Å². The van der Waals surface area contributed by atoms with Crippen molar-refractivity contribution in [3.8, 4) is 0 Å². The van der Waals surface area contributed by atoms with Crippen molar-refractivity contribution < 1.29 is 4.79 Å². The number of nitrogens with one attached hydrogen (secondary N) is 1. The van der Waals surface area contributed by atoms with E-state index in [1.54, 1.807) is 12.1 Å². The van der Waals surface area contributed by atoms with Gasteiger partial charge in [0.1, 0.15) is 5.01 Å². The van der Waals surface area contributed by atoms with Crippen LogP contribution in [0, 0.1) is 13.8 Å². The topological polar surface area (TPSA) is 80.7 Å². The molecule has 2 heterocycles. The van der Waals surface area contributed by atoms with Crippen LogP contribution in [0.3, 0.4) is 0 Å². The van der Waals surface area contributed by atoms with Crippen molar-refractivity contribution >= 4 is 33.4 Å². The standard InChI is InChI=1S/C16H15N5OS/c1-8-9(2)18-13-7-11(5-6-12(13)17-8)14(22)19-16-21-20-15(23-16)10-3-4-10/h5-7,10H,3-4H2,1-2H3,(H,19,21,22). The van der Waals surface area contributed by atoms with Gasteiger partial charge in [-0.2, -0.15) is 0 Å². The highest BCUT2D eigenvalue weighted by atomic mass is 32.1. The molecule has 1 aliphatic rings. The fourth-order valence-electron chi connectivity index (χ4n) is 2.32. The van der Waals surface area contributed by atoms with Gasteiger partial charge in [-0.1, -0.05) is 11.3 Å². The molecule has 0 aliphatic heterocycles. The molecule has 1 saturated carbocycles. The van der Waals surface area contributed by atoms with Crippen LogP contribution < -0.4 is 5.32 Å². The zero-order chi connectivity index (χ0) is 16.0. The van der Waals surface area contributed by atoms with E-state index in [-0.39, 0.29) is 5.91 Å². The number of amides is 1. The second kappa shape index (κ2) is 5.34. The monoisotopic (exact) mass is 325 g/mol. The smallest absolute Gasteiger partial charge is 0.257 e. The average molecular weight is 325 g/mol. The second-order valence-corrected chi connectivity index (χ2v) is 6.78. The first kappa shape index (κ1) is 14.2. The molecule has 7 heteroatoms. The molecular weight excluding hydrogens is 310 g/mol. The van der Waals surface area contributed by atoms with E-state index in [0.717, 1.165) is 27.4 Å². The average Bonchev–Trinajstić information content (AvgIpc) is 3.28. The SMILES string of the molecule is Cc1nc2ccc(C(=O)Nc3nnc(C4CC4)s3)cc2nc1C. The summed E-state index contributed by atoms with van der Waals surface area (Å²) in [6.07, 6.45) is 2.34. The number of anilines is 1. The minimum Gasteiger partial charge on any atom is -0.296 e. The maximum atomic E-state index is 12.4. The van der Waals surface area contributed by atoms with Crippen LogP contribution in [0.15, 0.2) is 18.2 Å². The molecule has 6 nitrogen and oxygen atoms in total. The Morgan fingerprint density at radius 2 is 1.87 bits per heavy atom. The van der Waals surface area contributed by atoms with E-state index in [9.17, 15) is 4.79 Å². The molecule has 116 valence electrons. The molecule has 3 aromatic rings. The van der Waals surface area contributed by atoms with Crippen molar-refractivity contribution in [2.75, 3.05) is 5.32 Å². The Hall–Kier alpha value is -2.41. The highest BCUT2D eigenvalue weighted by molar-refractivity contribution is 7.15. The lowest BCUT2D eigenvalue weighted by Gasteiger charge is -2.05. The molecule has 0 atom stereocenters. The molecule has 23 heavy (non-hydrogen) atoms. The summed E-state index contributed by atoms with van der Waals surface area (Å²) >= 11 is 1.45. The summed E-state index contributed by atoms with van der Waals surface area (Å²) in [6.45, 7) is 3.84. The first-order valence-corrected chi connectivity index (χ1v) is 8.31. The Labute approximate surface area is 137 Å². The second-order valence-electron chi connectivity index (χ2n) is 5.77. The number of hydrogen-bond donors (Lipinski definition) is 1. The summed E-state index contributed by atoms with van der Waals surface area (Å²) in [5, 5.41) is 12.5. The largest absolute Gasteiger partial charge is 0.296 e. The molecule has 0 saturated heterocycles. The van der Waals surface area contributed by atoms with E-state index in [4.69, 9.17) is 0 Å². The van der Waals surface area contributed by atoms with Gasteiger partial charge in [0.25, 0.3) is 5.91 Å². The lowest BCUT2D eigenvalue weighted by molar-refractivity contribution is 0.102. The van der Waals surface area contributed by atoms with Gasteiger partial charge in [-0.15, -0.1) is 10.2 Å². The summed E-state index contributed by atoms with van der Waals surface area (Å²) in [4.78, 5) is 21.4. The number of carbonyl (C=O) groups is 1. The van der Waals surface area contributed by atoms with Gasteiger partial charge in [-0.3, -0.25) is 10.1 Å². The number of benzene rings is 1. The van der Waals surface area contributed by atoms with Crippen molar-refractivity contribution in [3.05, 3.63) is 40.2 Å². The zero-order valence-electron chi connectivity index (χ0n) is 12.8. The number of fused-ring (bicyclic) bond motifs is 1. The molecule has 1 N–H and O–H groups in total. The third kappa shape index (κ3) is 2.79. The first-order chi connectivity index (χ1) is 11.1. The minimum absolute atomic E-state index is 0.203. The Bertz CT molecular complexity index is 916. The summed E-state index contributed by atoms with van der Waals surface area (Å²) in [5.41, 5.74) is 3.82. The highest BCUT2D eigenvalue weighted by Crippen LogP contribution is 2.42. The van der Waals surface area contributed by atoms with E-state index in [0.29, 0.717) is 16.6 Å². The summed E-state index contributed by atoms with van der Waals surface area (Å²) in [7, 11) is 0. The molecule has 2 aromatic heterocycles. The van der Waals surface area contributed by atoms with Gasteiger partial charge in [0.15, 0.2) is 0 Å². The molecule has 4 rings (SSSR count). The van der Waals surface area contributed by atoms with Crippen molar-refractivity contribution in [1.29, 1.82) is 0 Å². The zero-order valence-corrected chi connectivity index (χ0v) is 13.6. The minimum atomic E-state index is -0.203. The molecule has 1 aliphatic carbocycles. The van der Waals surface area contributed by atoms with Gasteiger partial charge in [-0.25, -0.2) is 9.97 Å². The molecule has 0 unspecified atom stereocenters. The summed E-state index contributed by atoms with van der Waals surface area (Å²) < 4.78 is 0. The molecule has 0 spiro atoms. The molecule has 1 aromatic carbocycles. The highest BCUT2D eigenvalue weighted by Gasteiger charge is 2.27. The number of aryl methyl sites for hydroxylation is 2. The maximum absolute atomic E-state index is 12.4. The number of hydrogen-bond acceptors (Lipinski definition) is 6.